The van der Waals surface area contributed by atoms with E-state index in [1.165, 1.54) is 11.8 Å². The summed E-state index contributed by atoms with van der Waals surface area (Å²) in [6.07, 6.45) is 5.51. The SMILES string of the molecule is C#CCN1C(N)=C(C(=O)OCC)C2(C(=O)OC(C)=C2C(=O)OCC)c2ccccc21. The van der Waals surface area contributed by atoms with Gasteiger partial charge in [-0.2, -0.15) is 0 Å². The minimum atomic E-state index is -1.92. The number of nitrogens with two attached hydrogens (primary N) is 1. The molecule has 1 aromatic carbocycles. The monoisotopic (exact) mass is 410 g/mol. The van der Waals surface area contributed by atoms with Gasteiger partial charge in [-0.25, -0.2) is 14.4 Å². The third kappa shape index (κ3) is 2.82. The minimum Gasteiger partial charge on any atom is -0.462 e. The van der Waals surface area contributed by atoms with Gasteiger partial charge in [0.25, 0.3) is 0 Å². The molecule has 1 spiro atoms. The Morgan fingerprint density at radius 1 is 1.17 bits per heavy atom. The predicted octanol–water partition coefficient (Wildman–Crippen LogP) is 1.50. The largest absolute Gasteiger partial charge is 0.462 e. The average molecular weight is 410 g/mol. The molecule has 8 heteroatoms. The van der Waals surface area contributed by atoms with Crippen LogP contribution in [0.2, 0.25) is 0 Å². The van der Waals surface area contributed by atoms with Crippen LogP contribution in [-0.4, -0.2) is 37.7 Å². The molecule has 1 atom stereocenters. The zero-order valence-electron chi connectivity index (χ0n) is 17.0. The second-order valence-corrected chi connectivity index (χ2v) is 6.58. The Bertz CT molecular complexity index is 1030. The van der Waals surface area contributed by atoms with E-state index in [-0.39, 0.29) is 42.5 Å². The van der Waals surface area contributed by atoms with Gasteiger partial charge in [0.05, 0.1) is 19.8 Å². The number of esters is 3. The van der Waals surface area contributed by atoms with Gasteiger partial charge in [-0.3, -0.25) is 0 Å². The molecule has 30 heavy (non-hydrogen) atoms. The highest BCUT2D eigenvalue weighted by molar-refractivity contribution is 6.16. The number of anilines is 1. The highest BCUT2D eigenvalue weighted by Crippen LogP contribution is 2.53. The van der Waals surface area contributed by atoms with Gasteiger partial charge >= 0.3 is 17.9 Å². The molecule has 0 fully saturated rings. The number of fused-ring (bicyclic) bond motifs is 2. The van der Waals surface area contributed by atoms with E-state index in [1.54, 1.807) is 38.1 Å². The maximum atomic E-state index is 13.3. The second kappa shape index (κ2) is 7.95. The van der Waals surface area contributed by atoms with Crippen molar-refractivity contribution in [2.45, 2.75) is 26.2 Å². The van der Waals surface area contributed by atoms with Crippen LogP contribution >= 0.6 is 0 Å². The zero-order valence-corrected chi connectivity index (χ0v) is 17.0. The van der Waals surface area contributed by atoms with Gasteiger partial charge in [0.15, 0.2) is 5.41 Å². The molecule has 1 unspecified atom stereocenters. The number of cyclic esters (lactones) is 1. The molecular weight excluding hydrogens is 388 g/mol. The van der Waals surface area contributed by atoms with Crippen molar-refractivity contribution in [3.63, 3.8) is 0 Å². The molecule has 156 valence electrons. The number of nitrogens with zero attached hydrogens (tertiary/aromatic N) is 1. The first-order valence-corrected chi connectivity index (χ1v) is 9.44. The highest BCUT2D eigenvalue weighted by Gasteiger charge is 2.63. The van der Waals surface area contributed by atoms with Gasteiger partial charge in [0, 0.05) is 11.3 Å². The molecule has 0 saturated carbocycles. The molecule has 0 aromatic heterocycles. The topological polar surface area (TPSA) is 108 Å². The molecule has 2 N–H and O–H groups in total. The number of ether oxygens (including phenoxy) is 3. The van der Waals surface area contributed by atoms with Gasteiger partial charge in [-0.1, -0.05) is 24.1 Å². The van der Waals surface area contributed by atoms with Crippen LogP contribution in [0.3, 0.4) is 0 Å². The van der Waals surface area contributed by atoms with Gasteiger partial charge in [0.1, 0.15) is 22.7 Å². The summed E-state index contributed by atoms with van der Waals surface area (Å²) in [7, 11) is 0. The Labute approximate surface area is 174 Å². The first-order chi connectivity index (χ1) is 14.4. The predicted molar refractivity (Wildman–Crippen MR) is 108 cm³/mol. The lowest BCUT2D eigenvalue weighted by Gasteiger charge is -2.40. The lowest BCUT2D eigenvalue weighted by atomic mass is 9.66. The van der Waals surface area contributed by atoms with Crippen LogP contribution in [0.4, 0.5) is 5.69 Å². The third-order valence-corrected chi connectivity index (χ3v) is 5.01. The summed E-state index contributed by atoms with van der Waals surface area (Å²) in [6.45, 7) is 4.87. The van der Waals surface area contributed by atoms with Crippen LogP contribution in [0.5, 0.6) is 0 Å². The number of para-hydroxylation sites is 1. The van der Waals surface area contributed by atoms with Crippen molar-refractivity contribution >= 4 is 23.6 Å². The second-order valence-electron chi connectivity index (χ2n) is 6.58. The molecule has 1 aromatic rings. The normalized spacial score (nSPS) is 20.1. The number of carbonyl (C=O) groups excluding carboxylic acids is 3. The molecule has 8 nitrogen and oxygen atoms in total. The molecule has 2 heterocycles. The van der Waals surface area contributed by atoms with E-state index in [9.17, 15) is 14.4 Å². The van der Waals surface area contributed by atoms with Crippen LogP contribution in [-0.2, 0) is 34.0 Å². The molecule has 2 aliphatic rings. The van der Waals surface area contributed by atoms with E-state index in [4.69, 9.17) is 26.4 Å². The fourth-order valence-electron chi connectivity index (χ4n) is 3.94. The minimum absolute atomic E-state index is 0.0354. The fourth-order valence-corrected chi connectivity index (χ4v) is 3.94. The molecule has 0 radical (unpaired) electrons. The van der Waals surface area contributed by atoms with Gasteiger partial charge in [0.2, 0.25) is 0 Å². The third-order valence-electron chi connectivity index (χ3n) is 5.01. The lowest BCUT2D eigenvalue weighted by molar-refractivity contribution is -0.147. The van der Waals surface area contributed by atoms with Crippen LogP contribution in [0.1, 0.15) is 26.3 Å². The summed E-state index contributed by atoms with van der Waals surface area (Å²) >= 11 is 0. The summed E-state index contributed by atoms with van der Waals surface area (Å²) in [6, 6.07) is 6.75. The molecule has 0 amide bonds. The van der Waals surface area contributed by atoms with Gasteiger partial charge in [-0.05, 0) is 26.8 Å². The summed E-state index contributed by atoms with van der Waals surface area (Å²) in [5.41, 5.74) is 4.95. The van der Waals surface area contributed by atoms with E-state index in [1.807, 2.05) is 0 Å². The molecule has 0 bridgehead atoms. The Kier molecular flexibility index (Phi) is 5.56. The van der Waals surface area contributed by atoms with E-state index in [0.29, 0.717) is 11.3 Å². The Hall–Kier alpha value is -3.73. The number of hydrogen-bond acceptors (Lipinski definition) is 8. The average Bonchev–Trinajstić information content (AvgIpc) is 2.96. The fraction of sp³-hybridized carbons (Fsp3) is 0.318. The number of rotatable bonds is 5. The molecule has 0 saturated heterocycles. The first kappa shape index (κ1) is 21.0. The number of hydrogen-bond donors (Lipinski definition) is 1. The zero-order chi connectivity index (χ0) is 22.1. The van der Waals surface area contributed by atoms with Crippen LogP contribution in [0.25, 0.3) is 0 Å². The molecule has 0 aliphatic carbocycles. The Morgan fingerprint density at radius 3 is 2.37 bits per heavy atom. The summed E-state index contributed by atoms with van der Waals surface area (Å²) in [4.78, 5) is 40.9. The number of allylic oxidation sites excluding steroid dienone is 1. The Balaban J connectivity index is 2.45. The van der Waals surface area contributed by atoms with E-state index in [2.05, 4.69) is 5.92 Å². The summed E-state index contributed by atoms with van der Waals surface area (Å²) in [5, 5.41) is 0. The maximum Gasteiger partial charge on any atom is 0.339 e. The Morgan fingerprint density at radius 2 is 1.77 bits per heavy atom. The highest BCUT2D eigenvalue weighted by atomic mass is 16.6. The number of benzene rings is 1. The van der Waals surface area contributed by atoms with Crippen molar-refractivity contribution in [1.29, 1.82) is 0 Å². The lowest BCUT2D eigenvalue weighted by Crippen LogP contribution is -2.50. The smallest absolute Gasteiger partial charge is 0.339 e. The van der Waals surface area contributed by atoms with Gasteiger partial charge in [-0.15, -0.1) is 6.42 Å². The molecule has 3 rings (SSSR count). The van der Waals surface area contributed by atoms with Crippen molar-refractivity contribution in [1.82, 2.24) is 0 Å². The van der Waals surface area contributed by atoms with E-state index < -0.39 is 23.3 Å². The summed E-state index contributed by atoms with van der Waals surface area (Å²) in [5.74, 6) is -0.0166. The van der Waals surface area contributed by atoms with Crippen molar-refractivity contribution in [2.75, 3.05) is 24.7 Å². The van der Waals surface area contributed by atoms with E-state index >= 15 is 0 Å². The van der Waals surface area contributed by atoms with Crippen LogP contribution in [0, 0.1) is 12.3 Å². The van der Waals surface area contributed by atoms with Crippen LogP contribution in [0.15, 0.2) is 47.0 Å². The standard InChI is InChI=1S/C22H22N2O6/c1-5-12-24-15-11-9-8-10-14(15)22(17(18(24)23)20(26)29-7-3)16(19(25)28-6-2)13(4)30-21(22)27/h1,8-11H,6-7,12,23H2,2-4H3. The summed E-state index contributed by atoms with van der Waals surface area (Å²) < 4.78 is 15.8. The maximum absolute atomic E-state index is 13.3. The van der Waals surface area contributed by atoms with Gasteiger partial charge < -0.3 is 24.8 Å². The van der Waals surface area contributed by atoms with Crippen LogP contribution < -0.4 is 10.6 Å². The van der Waals surface area contributed by atoms with Crippen molar-refractivity contribution in [3.8, 4) is 12.3 Å². The van der Waals surface area contributed by atoms with Crippen molar-refractivity contribution in [2.24, 2.45) is 5.73 Å². The number of carbonyl (C=O) groups is 3. The number of terminal acetylenes is 1. The quantitative estimate of drug-likeness (QED) is 0.442. The first-order valence-electron chi connectivity index (χ1n) is 9.44. The molecule has 2 aliphatic heterocycles. The molecular formula is C22H22N2O6. The van der Waals surface area contributed by atoms with E-state index in [0.717, 1.165) is 0 Å². The van der Waals surface area contributed by atoms with Crippen molar-refractivity contribution < 1.29 is 28.6 Å². The van der Waals surface area contributed by atoms with Crippen molar-refractivity contribution in [3.05, 3.63) is 52.6 Å².